The summed E-state index contributed by atoms with van der Waals surface area (Å²) in [5.41, 5.74) is 1.98. The first-order chi connectivity index (χ1) is 16.8. The van der Waals surface area contributed by atoms with Gasteiger partial charge in [-0.1, -0.05) is 75.9 Å². The quantitative estimate of drug-likeness (QED) is 0.343. The lowest BCUT2D eigenvalue weighted by atomic mass is 9.95. The summed E-state index contributed by atoms with van der Waals surface area (Å²) >= 11 is 9.97. The van der Waals surface area contributed by atoms with Crippen molar-refractivity contribution in [3.05, 3.63) is 63.1 Å². The van der Waals surface area contributed by atoms with E-state index in [1.54, 1.807) is 11.0 Å². The second-order valence-corrected chi connectivity index (χ2v) is 10.8. The van der Waals surface area contributed by atoms with Crippen molar-refractivity contribution >= 4 is 39.3 Å². The van der Waals surface area contributed by atoms with Crippen LogP contribution in [0.5, 0.6) is 5.75 Å². The maximum absolute atomic E-state index is 13.5. The molecular formula is C28H36BrClN2O3. The number of amides is 2. The van der Waals surface area contributed by atoms with E-state index in [9.17, 15) is 9.59 Å². The number of carbonyl (C=O) groups excluding carboxylic acids is 2. The van der Waals surface area contributed by atoms with Gasteiger partial charge in [-0.15, -0.1) is 0 Å². The molecule has 190 valence electrons. The van der Waals surface area contributed by atoms with Gasteiger partial charge in [-0.3, -0.25) is 9.59 Å². The van der Waals surface area contributed by atoms with Gasteiger partial charge in [-0.2, -0.15) is 0 Å². The van der Waals surface area contributed by atoms with Gasteiger partial charge in [0.05, 0.1) is 4.47 Å². The predicted octanol–water partition coefficient (Wildman–Crippen LogP) is 6.86. The van der Waals surface area contributed by atoms with E-state index in [0.717, 1.165) is 35.7 Å². The highest BCUT2D eigenvalue weighted by Crippen LogP contribution is 2.29. The van der Waals surface area contributed by atoms with Crippen molar-refractivity contribution in [2.75, 3.05) is 6.61 Å². The number of halogens is 2. The maximum Gasteiger partial charge on any atom is 0.261 e. The molecule has 0 spiro atoms. The van der Waals surface area contributed by atoms with Crippen LogP contribution in [-0.2, 0) is 16.1 Å². The molecule has 5 nitrogen and oxygen atoms in total. The number of nitrogens with zero attached hydrogens (tertiary/aromatic N) is 1. The lowest BCUT2D eigenvalue weighted by molar-refractivity contribution is -0.143. The summed E-state index contributed by atoms with van der Waals surface area (Å²) in [6, 6.07) is 12.9. The number of carbonyl (C=O) groups is 2. The molecule has 1 aliphatic rings. The Morgan fingerprint density at radius 2 is 1.86 bits per heavy atom. The molecule has 35 heavy (non-hydrogen) atoms. The average Bonchev–Trinajstić information content (AvgIpc) is 2.84. The van der Waals surface area contributed by atoms with Crippen LogP contribution in [0.25, 0.3) is 0 Å². The van der Waals surface area contributed by atoms with Gasteiger partial charge < -0.3 is 15.0 Å². The Morgan fingerprint density at radius 3 is 2.49 bits per heavy atom. The van der Waals surface area contributed by atoms with Crippen LogP contribution in [0.4, 0.5) is 0 Å². The molecule has 1 fully saturated rings. The topological polar surface area (TPSA) is 58.6 Å². The van der Waals surface area contributed by atoms with Crippen molar-refractivity contribution in [3.8, 4) is 5.75 Å². The number of benzene rings is 2. The van der Waals surface area contributed by atoms with Crippen LogP contribution in [0.3, 0.4) is 0 Å². The van der Waals surface area contributed by atoms with Crippen LogP contribution in [0.2, 0.25) is 5.02 Å². The highest BCUT2D eigenvalue weighted by molar-refractivity contribution is 9.10. The third-order valence-corrected chi connectivity index (χ3v) is 7.60. The lowest BCUT2D eigenvalue weighted by Gasteiger charge is -2.33. The van der Waals surface area contributed by atoms with Crippen molar-refractivity contribution in [3.63, 3.8) is 0 Å². The molecule has 0 bridgehead atoms. The number of hydrogen-bond acceptors (Lipinski definition) is 3. The summed E-state index contributed by atoms with van der Waals surface area (Å²) in [7, 11) is 0. The van der Waals surface area contributed by atoms with Gasteiger partial charge in [0.2, 0.25) is 5.91 Å². The van der Waals surface area contributed by atoms with Crippen molar-refractivity contribution in [2.24, 2.45) is 0 Å². The Hall–Kier alpha value is -2.05. The lowest BCUT2D eigenvalue weighted by Crippen LogP contribution is -2.52. The minimum atomic E-state index is -0.601. The van der Waals surface area contributed by atoms with E-state index in [1.807, 2.05) is 43.3 Å². The summed E-state index contributed by atoms with van der Waals surface area (Å²) < 4.78 is 6.71. The number of hydrogen-bond donors (Lipinski definition) is 1. The molecule has 0 unspecified atom stereocenters. The van der Waals surface area contributed by atoms with Crippen LogP contribution in [0, 0.1) is 0 Å². The SMILES string of the molecule is CC[C@@H](C(=O)NC1CCCCC1)N(Cc1ccccc1Cl)C(=O)COc1ccc(C(C)C)cc1Br. The molecule has 7 heteroatoms. The highest BCUT2D eigenvalue weighted by Gasteiger charge is 2.31. The summed E-state index contributed by atoms with van der Waals surface area (Å²) in [5.74, 6) is 0.624. The zero-order valence-corrected chi connectivity index (χ0v) is 23.2. The Kier molecular flexibility index (Phi) is 10.5. The Bertz CT molecular complexity index is 1010. The van der Waals surface area contributed by atoms with Crippen LogP contribution >= 0.6 is 27.5 Å². The summed E-state index contributed by atoms with van der Waals surface area (Å²) in [5, 5.41) is 3.76. The highest BCUT2D eigenvalue weighted by atomic mass is 79.9. The fraction of sp³-hybridized carbons (Fsp3) is 0.500. The van der Waals surface area contributed by atoms with Gasteiger partial charge in [0.25, 0.3) is 5.91 Å². The van der Waals surface area contributed by atoms with Crippen LogP contribution < -0.4 is 10.1 Å². The molecule has 2 amide bonds. The largest absolute Gasteiger partial charge is 0.483 e. The minimum absolute atomic E-state index is 0.109. The first-order valence-corrected chi connectivity index (χ1v) is 13.7. The Labute approximate surface area is 222 Å². The number of nitrogens with one attached hydrogen (secondary N) is 1. The fourth-order valence-corrected chi connectivity index (χ4v) is 5.20. The monoisotopic (exact) mass is 562 g/mol. The zero-order valence-electron chi connectivity index (χ0n) is 20.9. The van der Waals surface area contributed by atoms with Gasteiger partial charge >= 0.3 is 0 Å². The van der Waals surface area contributed by atoms with E-state index >= 15 is 0 Å². The molecule has 1 aliphatic carbocycles. The molecule has 1 N–H and O–H groups in total. The third kappa shape index (κ3) is 7.71. The van der Waals surface area contributed by atoms with Gasteiger partial charge in [-0.05, 0) is 70.4 Å². The predicted molar refractivity (Wildman–Crippen MR) is 145 cm³/mol. The van der Waals surface area contributed by atoms with Gasteiger partial charge in [0.15, 0.2) is 6.61 Å². The van der Waals surface area contributed by atoms with Crippen LogP contribution in [-0.4, -0.2) is 35.4 Å². The Morgan fingerprint density at radius 1 is 1.14 bits per heavy atom. The van der Waals surface area contributed by atoms with E-state index in [0.29, 0.717) is 23.1 Å². The van der Waals surface area contributed by atoms with Gasteiger partial charge in [-0.25, -0.2) is 0 Å². The molecule has 0 radical (unpaired) electrons. The molecule has 0 heterocycles. The average molecular weight is 564 g/mol. The Balaban J connectivity index is 1.77. The first kappa shape index (κ1) is 27.5. The van der Waals surface area contributed by atoms with E-state index in [4.69, 9.17) is 16.3 Å². The van der Waals surface area contributed by atoms with Crippen molar-refractivity contribution in [1.82, 2.24) is 10.2 Å². The van der Waals surface area contributed by atoms with E-state index in [1.165, 1.54) is 12.0 Å². The zero-order chi connectivity index (χ0) is 25.4. The standard InChI is InChI=1S/C28H36BrClN2O3/c1-4-25(28(34)31-22-11-6-5-7-12-22)32(17-21-10-8-9-13-24(21)30)27(33)18-35-26-15-14-20(19(2)3)16-23(26)29/h8-10,13-16,19,22,25H,4-7,11-12,17-18H2,1-3H3,(H,31,34)/t25-/m0/s1. The molecule has 0 aromatic heterocycles. The normalized spacial score (nSPS) is 15.0. The third-order valence-electron chi connectivity index (χ3n) is 6.61. The summed E-state index contributed by atoms with van der Waals surface area (Å²) in [4.78, 5) is 28.4. The molecule has 1 saturated carbocycles. The second kappa shape index (κ2) is 13.3. The van der Waals surface area contributed by atoms with Crippen molar-refractivity contribution in [2.45, 2.75) is 83.8 Å². The molecule has 0 aliphatic heterocycles. The molecule has 2 aromatic rings. The molecule has 3 rings (SSSR count). The molecule has 1 atom stereocenters. The smallest absolute Gasteiger partial charge is 0.261 e. The summed E-state index contributed by atoms with van der Waals surface area (Å²) in [6.07, 6.45) is 5.95. The van der Waals surface area contributed by atoms with E-state index in [-0.39, 0.29) is 31.0 Å². The minimum Gasteiger partial charge on any atom is -0.483 e. The van der Waals surface area contributed by atoms with Crippen LogP contribution in [0.15, 0.2) is 46.9 Å². The fourth-order valence-electron chi connectivity index (χ4n) is 4.49. The molecule has 2 aromatic carbocycles. The number of ether oxygens (including phenoxy) is 1. The van der Waals surface area contributed by atoms with Gasteiger partial charge in [0, 0.05) is 17.6 Å². The molecule has 0 saturated heterocycles. The molecular weight excluding hydrogens is 528 g/mol. The maximum atomic E-state index is 13.5. The van der Waals surface area contributed by atoms with Crippen molar-refractivity contribution < 1.29 is 14.3 Å². The van der Waals surface area contributed by atoms with E-state index < -0.39 is 6.04 Å². The first-order valence-electron chi connectivity index (χ1n) is 12.6. The van der Waals surface area contributed by atoms with Crippen LogP contribution in [0.1, 0.15) is 76.3 Å². The van der Waals surface area contributed by atoms with Crippen molar-refractivity contribution in [1.29, 1.82) is 0 Å². The summed E-state index contributed by atoms with van der Waals surface area (Å²) in [6.45, 7) is 6.26. The van der Waals surface area contributed by atoms with E-state index in [2.05, 4.69) is 35.1 Å². The van der Waals surface area contributed by atoms with Gasteiger partial charge in [0.1, 0.15) is 11.8 Å². The number of rotatable bonds is 10. The second-order valence-electron chi connectivity index (χ2n) is 9.51.